The van der Waals surface area contributed by atoms with Gasteiger partial charge in [-0.15, -0.1) is 0 Å². The third-order valence-electron chi connectivity index (χ3n) is 2.89. The number of hydrogen-bond donors (Lipinski definition) is 3. The molecular formula is C13H13F2N3O2S. The summed E-state index contributed by atoms with van der Waals surface area (Å²) in [7, 11) is -3.96. The normalized spacial score (nSPS) is 11.4. The maximum Gasteiger partial charge on any atom is 0.238 e. The van der Waals surface area contributed by atoms with Gasteiger partial charge in [0.2, 0.25) is 10.0 Å². The number of halogens is 2. The van der Waals surface area contributed by atoms with Crippen LogP contribution in [0.1, 0.15) is 5.56 Å². The highest BCUT2D eigenvalue weighted by Crippen LogP contribution is 2.29. The number of primary sulfonamides is 1. The van der Waals surface area contributed by atoms with E-state index in [-0.39, 0.29) is 27.5 Å². The maximum absolute atomic E-state index is 13.6. The molecule has 0 fully saturated rings. The molecule has 5 N–H and O–H groups in total. The Morgan fingerprint density at radius 2 is 1.76 bits per heavy atom. The molecule has 5 nitrogen and oxygen atoms in total. The van der Waals surface area contributed by atoms with Crippen LogP contribution in [0.4, 0.5) is 25.8 Å². The van der Waals surface area contributed by atoms with Gasteiger partial charge in [0, 0.05) is 17.4 Å². The van der Waals surface area contributed by atoms with Crippen LogP contribution >= 0.6 is 0 Å². The average molecular weight is 313 g/mol. The minimum absolute atomic E-state index is 0.00882. The quantitative estimate of drug-likeness (QED) is 0.757. The van der Waals surface area contributed by atoms with E-state index in [1.165, 1.54) is 25.1 Å². The molecule has 112 valence electrons. The molecule has 0 bridgehead atoms. The van der Waals surface area contributed by atoms with Crippen molar-refractivity contribution in [3.63, 3.8) is 0 Å². The molecule has 0 atom stereocenters. The molecule has 0 amide bonds. The van der Waals surface area contributed by atoms with Gasteiger partial charge in [0.15, 0.2) is 0 Å². The van der Waals surface area contributed by atoms with E-state index in [9.17, 15) is 17.2 Å². The fourth-order valence-corrected chi connectivity index (χ4v) is 2.71. The number of nitrogens with two attached hydrogens (primary N) is 2. The van der Waals surface area contributed by atoms with Crippen molar-refractivity contribution in [2.45, 2.75) is 11.8 Å². The molecular weight excluding hydrogens is 300 g/mol. The van der Waals surface area contributed by atoms with E-state index in [0.29, 0.717) is 6.07 Å². The number of nitrogens with one attached hydrogen (secondary N) is 1. The van der Waals surface area contributed by atoms with Gasteiger partial charge in [-0.1, -0.05) is 0 Å². The third-order valence-corrected chi connectivity index (χ3v) is 3.93. The van der Waals surface area contributed by atoms with Crippen LogP contribution in [0.25, 0.3) is 0 Å². The summed E-state index contributed by atoms with van der Waals surface area (Å²) in [6, 6.07) is 5.64. The van der Waals surface area contributed by atoms with Crippen LogP contribution in [-0.2, 0) is 10.0 Å². The zero-order valence-corrected chi connectivity index (χ0v) is 11.8. The smallest absolute Gasteiger partial charge is 0.238 e. The van der Waals surface area contributed by atoms with Gasteiger partial charge in [0.05, 0.1) is 10.6 Å². The highest BCUT2D eigenvalue weighted by atomic mass is 32.2. The van der Waals surface area contributed by atoms with Gasteiger partial charge in [0.1, 0.15) is 11.6 Å². The highest BCUT2D eigenvalue weighted by molar-refractivity contribution is 7.89. The summed E-state index contributed by atoms with van der Waals surface area (Å²) in [6.07, 6.45) is 0. The number of hydrogen-bond acceptors (Lipinski definition) is 4. The minimum Gasteiger partial charge on any atom is -0.399 e. The lowest BCUT2D eigenvalue weighted by atomic mass is 10.1. The van der Waals surface area contributed by atoms with Crippen molar-refractivity contribution in [1.29, 1.82) is 0 Å². The Hall–Kier alpha value is -2.19. The molecule has 0 aliphatic rings. The largest absolute Gasteiger partial charge is 0.399 e. The first-order chi connectivity index (χ1) is 9.68. The maximum atomic E-state index is 13.6. The molecule has 0 spiro atoms. The Balaban J connectivity index is 2.52. The number of rotatable bonds is 3. The lowest BCUT2D eigenvalue weighted by molar-refractivity contribution is 0.586. The summed E-state index contributed by atoms with van der Waals surface area (Å²) in [5, 5.41) is 7.78. The monoisotopic (exact) mass is 313 g/mol. The van der Waals surface area contributed by atoms with E-state index in [2.05, 4.69) is 5.32 Å². The first-order valence-electron chi connectivity index (χ1n) is 5.83. The van der Waals surface area contributed by atoms with E-state index in [1.807, 2.05) is 0 Å². The lowest BCUT2D eigenvalue weighted by Crippen LogP contribution is -2.15. The average Bonchev–Trinajstić information content (AvgIpc) is 2.35. The van der Waals surface area contributed by atoms with Crippen LogP contribution in [0.5, 0.6) is 0 Å². The van der Waals surface area contributed by atoms with Gasteiger partial charge in [-0.05, 0) is 36.8 Å². The molecule has 0 saturated heterocycles. The van der Waals surface area contributed by atoms with Crippen molar-refractivity contribution < 1.29 is 17.2 Å². The molecule has 0 aliphatic heterocycles. The minimum atomic E-state index is -3.96. The lowest BCUT2D eigenvalue weighted by Gasteiger charge is -2.14. The SMILES string of the molecule is Cc1c(Nc2ccc(F)cc2F)cc(N)cc1S(N)(=O)=O. The van der Waals surface area contributed by atoms with Crippen LogP contribution in [0.15, 0.2) is 35.2 Å². The van der Waals surface area contributed by atoms with Gasteiger partial charge in [0.25, 0.3) is 0 Å². The van der Waals surface area contributed by atoms with Crippen molar-refractivity contribution in [2.75, 3.05) is 11.1 Å². The standard InChI is InChI=1S/C13H13F2N3O2S/c1-7-12(5-9(16)6-13(7)21(17,19)20)18-11-3-2-8(14)4-10(11)15/h2-6,18H,16H2,1H3,(H2,17,19,20). The van der Waals surface area contributed by atoms with Gasteiger partial charge >= 0.3 is 0 Å². The van der Waals surface area contributed by atoms with Crippen molar-refractivity contribution in [1.82, 2.24) is 0 Å². The number of anilines is 3. The Labute approximate surface area is 120 Å². The molecule has 0 aliphatic carbocycles. The van der Waals surface area contributed by atoms with E-state index in [0.717, 1.165) is 6.07 Å². The first kappa shape index (κ1) is 15.2. The zero-order valence-electron chi connectivity index (χ0n) is 11.0. The third kappa shape index (κ3) is 3.29. The molecule has 0 saturated carbocycles. The fraction of sp³-hybridized carbons (Fsp3) is 0.0769. The molecule has 8 heteroatoms. The van der Waals surface area contributed by atoms with Crippen LogP contribution in [0.3, 0.4) is 0 Å². The number of sulfonamides is 1. The van der Waals surface area contributed by atoms with Crippen molar-refractivity contribution in [3.8, 4) is 0 Å². The van der Waals surface area contributed by atoms with E-state index in [4.69, 9.17) is 10.9 Å². The Bertz CT molecular complexity index is 807. The van der Waals surface area contributed by atoms with Gasteiger partial charge in [-0.3, -0.25) is 0 Å². The van der Waals surface area contributed by atoms with Crippen molar-refractivity contribution in [3.05, 3.63) is 47.5 Å². The second-order valence-electron chi connectivity index (χ2n) is 4.49. The second-order valence-corrected chi connectivity index (χ2v) is 6.02. The van der Waals surface area contributed by atoms with E-state index in [1.54, 1.807) is 0 Å². The molecule has 0 unspecified atom stereocenters. The van der Waals surface area contributed by atoms with E-state index < -0.39 is 21.7 Å². The number of nitrogen functional groups attached to an aromatic ring is 1. The topological polar surface area (TPSA) is 98.2 Å². The molecule has 0 aromatic heterocycles. The Morgan fingerprint density at radius 1 is 1.10 bits per heavy atom. The predicted molar refractivity (Wildman–Crippen MR) is 76.6 cm³/mol. The summed E-state index contributed by atoms with van der Waals surface area (Å²) in [6.45, 7) is 1.50. The van der Waals surface area contributed by atoms with Crippen molar-refractivity contribution >= 4 is 27.1 Å². The summed E-state index contributed by atoms with van der Waals surface area (Å²) in [4.78, 5) is -0.160. The first-order valence-corrected chi connectivity index (χ1v) is 7.38. The van der Waals surface area contributed by atoms with E-state index >= 15 is 0 Å². The van der Waals surface area contributed by atoms with Gasteiger partial charge in [-0.25, -0.2) is 22.3 Å². The van der Waals surface area contributed by atoms with Crippen LogP contribution in [0.2, 0.25) is 0 Å². The molecule has 0 heterocycles. The molecule has 2 aromatic carbocycles. The molecule has 0 radical (unpaired) electrons. The Kier molecular flexibility index (Phi) is 3.84. The Morgan fingerprint density at radius 3 is 2.33 bits per heavy atom. The molecule has 2 rings (SSSR count). The summed E-state index contributed by atoms with van der Waals surface area (Å²) < 4.78 is 49.5. The van der Waals surface area contributed by atoms with Crippen LogP contribution < -0.4 is 16.2 Å². The van der Waals surface area contributed by atoms with Gasteiger partial charge in [-0.2, -0.15) is 0 Å². The van der Waals surface area contributed by atoms with Crippen LogP contribution in [-0.4, -0.2) is 8.42 Å². The molecule has 21 heavy (non-hydrogen) atoms. The number of benzene rings is 2. The van der Waals surface area contributed by atoms with Crippen LogP contribution in [0, 0.1) is 18.6 Å². The summed E-state index contributed by atoms with van der Waals surface area (Å²) in [5.41, 5.74) is 6.32. The summed E-state index contributed by atoms with van der Waals surface area (Å²) in [5.74, 6) is -1.53. The van der Waals surface area contributed by atoms with Crippen molar-refractivity contribution in [2.24, 2.45) is 5.14 Å². The molecule has 2 aromatic rings. The highest BCUT2D eigenvalue weighted by Gasteiger charge is 2.16. The predicted octanol–water partition coefficient (Wildman–Crippen LogP) is 2.25. The van der Waals surface area contributed by atoms with Gasteiger partial charge < -0.3 is 11.1 Å². The fourth-order valence-electron chi connectivity index (χ4n) is 1.87. The zero-order chi connectivity index (χ0) is 15.8. The second kappa shape index (κ2) is 5.30. The summed E-state index contributed by atoms with van der Waals surface area (Å²) >= 11 is 0.